The maximum Gasteiger partial charge on any atom is 0.293 e. The Morgan fingerprint density at radius 2 is 1.74 bits per heavy atom. The van der Waals surface area contributed by atoms with Gasteiger partial charge >= 0.3 is 0 Å². The van der Waals surface area contributed by atoms with Gasteiger partial charge in [0.25, 0.3) is 5.56 Å². The fourth-order valence-corrected chi connectivity index (χ4v) is 5.16. The number of aliphatic hydroxyl groups is 1. The lowest BCUT2D eigenvalue weighted by Crippen LogP contribution is -2.31. The van der Waals surface area contributed by atoms with Crippen molar-refractivity contribution in [2.75, 3.05) is 17.6 Å². The lowest BCUT2D eigenvalue weighted by Gasteiger charge is -2.20. The third-order valence-electron chi connectivity index (χ3n) is 7.22. The maximum absolute atomic E-state index is 13.5. The first-order valence-corrected chi connectivity index (χ1v) is 13.0. The molecule has 39 heavy (non-hydrogen) atoms. The zero-order valence-corrected chi connectivity index (χ0v) is 21.7. The molecule has 0 bridgehead atoms. The Bertz CT molecular complexity index is 1470. The van der Waals surface area contributed by atoms with Crippen LogP contribution in [0.3, 0.4) is 0 Å². The van der Waals surface area contributed by atoms with Crippen LogP contribution in [0.2, 0.25) is 0 Å². The van der Waals surface area contributed by atoms with E-state index in [-0.39, 0.29) is 36.0 Å². The number of amides is 1. The Hall–Kier alpha value is -4.50. The molecule has 0 fully saturated rings. The third kappa shape index (κ3) is 5.83. The van der Waals surface area contributed by atoms with E-state index >= 15 is 0 Å². The van der Waals surface area contributed by atoms with E-state index in [1.807, 2.05) is 49.4 Å². The topological polar surface area (TPSA) is 135 Å². The summed E-state index contributed by atoms with van der Waals surface area (Å²) in [5.74, 6) is 0.405. The number of hydrogen-bond donors (Lipinski definition) is 4. The number of nitrogen functional groups attached to an aromatic ring is 1. The summed E-state index contributed by atoms with van der Waals surface area (Å²) in [6, 6.07) is 23.2. The molecule has 0 aliphatic carbocycles. The molecule has 0 saturated heterocycles. The van der Waals surface area contributed by atoms with Crippen LogP contribution >= 0.6 is 0 Å². The van der Waals surface area contributed by atoms with Gasteiger partial charge in [-0.25, -0.2) is 9.97 Å². The summed E-state index contributed by atoms with van der Waals surface area (Å²) in [7, 11) is 0. The number of aryl methyl sites for hydroxylation is 1. The van der Waals surface area contributed by atoms with E-state index in [4.69, 9.17) is 5.73 Å². The van der Waals surface area contributed by atoms with Gasteiger partial charge in [-0.05, 0) is 29.7 Å². The van der Waals surface area contributed by atoms with Gasteiger partial charge in [0.15, 0.2) is 5.82 Å². The van der Waals surface area contributed by atoms with Crippen molar-refractivity contribution < 1.29 is 9.90 Å². The van der Waals surface area contributed by atoms with E-state index in [0.29, 0.717) is 24.6 Å². The highest BCUT2D eigenvalue weighted by molar-refractivity contribution is 5.76. The maximum atomic E-state index is 13.5. The smallest absolute Gasteiger partial charge is 0.293 e. The molecule has 0 spiro atoms. The molecule has 1 aliphatic heterocycles. The Kier molecular flexibility index (Phi) is 7.69. The minimum absolute atomic E-state index is 0.00491. The molecule has 0 radical (unpaired) electrons. The minimum Gasteiger partial charge on any atom is -0.387 e. The van der Waals surface area contributed by atoms with Gasteiger partial charge in [0.1, 0.15) is 5.82 Å². The van der Waals surface area contributed by atoms with Gasteiger partial charge in [0.2, 0.25) is 5.91 Å². The summed E-state index contributed by atoms with van der Waals surface area (Å²) in [5, 5.41) is 16.7. The average molecular weight is 525 g/mol. The first-order chi connectivity index (χ1) is 18.9. The molecule has 0 saturated carbocycles. The molecule has 5 rings (SSSR count). The van der Waals surface area contributed by atoms with E-state index in [2.05, 4.69) is 44.9 Å². The highest BCUT2D eigenvalue weighted by atomic mass is 16.3. The van der Waals surface area contributed by atoms with E-state index in [0.717, 1.165) is 22.4 Å². The Morgan fingerprint density at radius 3 is 2.38 bits per heavy atom. The van der Waals surface area contributed by atoms with Crippen LogP contribution in [-0.2, 0) is 11.3 Å². The van der Waals surface area contributed by atoms with Crippen LogP contribution in [0.4, 0.5) is 11.6 Å². The first-order valence-electron chi connectivity index (χ1n) is 13.0. The van der Waals surface area contributed by atoms with Crippen molar-refractivity contribution in [1.29, 1.82) is 0 Å². The van der Waals surface area contributed by atoms with E-state index in [1.54, 1.807) is 6.07 Å². The molecule has 1 aliphatic rings. The Morgan fingerprint density at radius 1 is 1.08 bits per heavy atom. The predicted octanol–water partition coefficient (Wildman–Crippen LogP) is 3.46. The molecule has 1 amide bonds. The summed E-state index contributed by atoms with van der Waals surface area (Å²) < 4.78 is 1.51. The number of hydrogen-bond acceptors (Lipinski definition) is 7. The number of nitrogens with one attached hydrogen (secondary N) is 2. The zero-order valence-electron chi connectivity index (χ0n) is 21.7. The van der Waals surface area contributed by atoms with Gasteiger partial charge in [-0.2, -0.15) is 0 Å². The number of aromatic nitrogens is 3. The van der Waals surface area contributed by atoms with E-state index < -0.39 is 12.1 Å². The molecular formula is C30H32N6O3. The third-order valence-corrected chi connectivity index (χ3v) is 7.22. The van der Waals surface area contributed by atoms with Crippen LogP contribution in [0.15, 0.2) is 83.8 Å². The molecule has 4 aromatic rings. The summed E-state index contributed by atoms with van der Waals surface area (Å²) in [6.07, 6.45) is 0.996. The Balaban J connectivity index is 1.31. The molecule has 200 valence electrons. The van der Waals surface area contributed by atoms with E-state index in [9.17, 15) is 14.7 Å². The van der Waals surface area contributed by atoms with Crippen LogP contribution < -0.4 is 21.9 Å². The fourth-order valence-electron chi connectivity index (χ4n) is 5.16. The zero-order chi connectivity index (χ0) is 27.4. The van der Waals surface area contributed by atoms with Crippen LogP contribution in [0, 0.1) is 6.92 Å². The van der Waals surface area contributed by atoms with Gasteiger partial charge in [0, 0.05) is 43.6 Å². The summed E-state index contributed by atoms with van der Waals surface area (Å²) in [6.45, 7) is 2.60. The average Bonchev–Trinajstić information content (AvgIpc) is 3.25. The number of benzene rings is 2. The molecule has 2 atom stereocenters. The number of pyridine rings is 1. The lowest BCUT2D eigenvalue weighted by atomic mass is 9.91. The number of carbonyl (C=O) groups excluding carboxylic acids is 1. The second-order valence-corrected chi connectivity index (χ2v) is 9.83. The molecule has 5 N–H and O–H groups in total. The number of nitrogens with two attached hydrogens (primary N) is 1. The standard InChI is InChI=1S/C30H32N6O3/c1-19-22(12-13-27(31)35-19)16-32-28(38)15-23-14-26(37)25-18-34-29(30(39)36(23)25)33-17-24(20-8-4-2-5-9-20)21-10-6-3-7-11-21/h2-13,18,23-24,26,37H,14-17H2,1H3,(H2,31,35)(H,32,38)(H,33,34)/t23-,26+/m0/s1. The number of fused-ring (bicyclic) bond motifs is 1. The molecular weight excluding hydrogens is 492 g/mol. The lowest BCUT2D eigenvalue weighted by molar-refractivity contribution is -0.122. The highest BCUT2D eigenvalue weighted by Crippen LogP contribution is 2.34. The van der Waals surface area contributed by atoms with Crippen molar-refractivity contribution in [2.24, 2.45) is 0 Å². The molecule has 2 aromatic heterocycles. The van der Waals surface area contributed by atoms with Gasteiger partial charge in [-0.3, -0.25) is 9.59 Å². The van der Waals surface area contributed by atoms with Crippen molar-refractivity contribution >= 4 is 17.5 Å². The van der Waals surface area contributed by atoms with Crippen LogP contribution in [0.5, 0.6) is 0 Å². The van der Waals surface area contributed by atoms with Crippen LogP contribution in [-0.4, -0.2) is 32.1 Å². The summed E-state index contributed by atoms with van der Waals surface area (Å²) in [5.41, 5.74) is 9.64. The quantitative estimate of drug-likeness (QED) is 0.263. The molecule has 9 nitrogen and oxygen atoms in total. The van der Waals surface area contributed by atoms with E-state index in [1.165, 1.54) is 10.8 Å². The summed E-state index contributed by atoms with van der Waals surface area (Å²) >= 11 is 0. The van der Waals surface area contributed by atoms with Crippen LogP contribution in [0.1, 0.15) is 59.0 Å². The van der Waals surface area contributed by atoms with Crippen molar-refractivity contribution in [1.82, 2.24) is 19.9 Å². The molecule has 9 heteroatoms. The van der Waals surface area contributed by atoms with Gasteiger partial charge in [0.05, 0.1) is 18.0 Å². The highest BCUT2D eigenvalue weighted by Gasteiger charge is 2.33. The van der Waals surface area contributed by atoms with Crippen molar-refractivity contribution in [3.05, 3.63) is 117 Å². The molecule has 0 unspecified atom stereocenters. The van der Waals surface area contributed by atoms with Gasteiger partial charge < -0.3 is 26.0 Å². The van der Waals surface area contributed by atoms with Gasteiger partial charge in [-0.15, -0.1) is 0 Å². The second kappa shape index (κ2) is 11.5. The van der Waals surface area contributed by atoms with Crippen molar-refractivity contribution in [2.45, 2.75) is 44.4 Å². The van der Waals surface area contributed by atoms with Crippen molar-refractivity contribution in [3.63, 3.8) is 0 Å². The number of carbonyl (C=O) groups is 1. The fraction of sp³-hybridized carbons (Fsp3) is 0.267. The largest absolute Gasteiger partial charge is 0.387 e. The summed E-state index contributed by atoms with van der Waals surface area (Å²) in [4.78, 5) is 34.9. The van der Waals surface area contributed by atoms with Gasteiger partial charge in [-0.1, -0.05) is 66.7 Å². The number of anilines is 2. The number of nitrogens with zero attached hydrogens (tertiary/aromatic N) is 3. The SMILES string of the molecule is Cc1nc(N)ccc1CNC(=O)C[C@@H]1C[C@@H](O)c2cnc(NCC(c3ccccc3)c3ccccc3)c(=O)n21. The second-order valence-electron chi connectivity index (χ2n) is 9.83. The van der Waals surface area contributed by atoms with Crippen molar-refractivity contribution in [3.8, 4) is 0 Å². The Labute approximate surface area is 226 Å². The normalized spacial score (nSPS) is 16.2. The molecule has 3 heterocycles. The molecule has 2 aromatic carbocycles. The number of rotatable bonds is 9. The first kappa shape index (κ1) is 26.1. The number of aliphatic hydroxyl groups excluding tert-OH is 1. The predicted molar refractivity (Wildman–Crippen MR) is 150 cm³/mol. The minimum atomic E-state index is -0.859. The monoisotopic (exact) mass is 524 g/mol. The van der Waals surface area contributed by atoms with Crippen LogP contribution in [0.25, 0.3) is 0 Å².